The maximum atomic E-state index is 13.5. The summed E-state index contributed by atoms with van der Waals surface area (Å²) < 4.78 is 40.9. The molecule has 0 amide bonds. The number of carbonyl (C=O) groups is 6. The third-order valence-electron chi connectivity index (χ3n) is 9.63. The van der Waals surface area contributed by atoms with Crippen molar-refractivity contribution >= 4 is 35.8 Å². The standard InChI is InChI=1S/C33H44O16/c1-15(2)10-23(39)49-27-25(44-17(4)36)28(45-18(5)37)32(14-43-32)26-29(46-19(6)38)33(42)16(3)30(41)48-22(33)11-20(12-34)8-9-21(31(26,27)7)47-24(40)13-35/h8-9,11,15-16,21-22,25-29,34-35,42H,10,12-14H2,1-7H3/b9-8-,20-11+/t16-,21+,22-,25+,26+,27-,28+,29-,31+,32-,33-/m0/s1. The Kier molecular flexibility index (Phi) is 11.0. The minimum absolute atomic E-state index is 0.0647. The zero-order valence-electron chi connectivity index (χ0n) is 28.4. The van der Waals surface area contributed by atoms with Crippen molar-refractivity contribution in [2.24, 2.45) is 23.2 Å². The minimum atomic E-state index is -2.44. The third kappa shape index (κ3) is 6.96. The molecule has 11 atom stereocenters. The van der Waals surface area contributed by atoms with E-state index in [0.717, 1.165) is 20.8 Å². The molecule has 0 unspecified atom stereocenters. The lowest BCUT2D eigenvalue weighted by Gasteiger charge is -2.59. The maximum absolute atomic E-state index is 13.5. The number of aliphatic hydroxyl groups excluding tert-OH is 2. The Morgan fingerprint density at radius 2 is 1.51 bits per heavy atom. The number of hydrogen-bond donors (Lipinski definition) is 3. The van der Waals surface area contributed by atoms with E-state index in [9.17, 15) is 44.1 Å². The van der Waals surface area contributed by atoms with Crippen LogP contribution in [-0.4, -0.2) is 119 Å². The molecule has 2 heterocycles. The maximum Gasteiger partial charge on any atom is 0.332 e. The van der Waals surface area contributed by atoms with E-state index < -0.39 is 114 Å². The van der Waals surface area contributed by atoms with Gasteiger partial charge in [-0.1, -0.05) is 26.8 Å². The van der Waals surface area contributed by atoms with Gasteiger partial charge in [-0.2, -0.15) is 0 Å². The van der Waals surface area contributed by atoms with Crippen LogP contribution in [0.2, 0.25) is 0 Å². The van der Waals surface area contributed by atoms with Gasteiger partial charge in [-0.15, -0.1) is 0 Å². The summed E-state index contributed by atoms with van der Waals surface area (Å²) in [6, 6.07) is 0. The van der Waals surface area contributed by atoms with Gasteiger partial charge in [0, 0.05) is 33.1 Å². The molecule has 16 heteroatoms. The molecule has 16 nitrogen and oxygen atoms in total. The highest BCUT2D eigenvalue weighted by Crippen LogP contribution is 2.63. The first-order valence-corrected chi connectivity index (χ1v) is 15.9. The van der Waals surface area contributed by atoms with Crippen LogP contribution in [0.15, 0.2) is 23.8 Å². The number of esters is 6. The number of carbonyl (C=O) groups excluding carboxylic acids is 6. The molecule has 2 aliphatic heterocycles. The molecule has 4 aliphatic rings. The fraction of sp³-hybridized carbons (Fsp3) is 0.697. The molecule has 1 saturated carbocycles. The largest absolute Gasteiger partial charge is 0.459 e. The molecule has 0 bridgehead atoms. The van der Waals surface area contributed by atoms with Crippen molar-refractivity contribution in [2.45, 2.75) is 103 Å². The Morgan fingerprint density at radius 1 is 0.918 bits per heavy atom. The average Bonchev–Trinajstić information content (AvgIpc) is 3.75. The van der Waals surface area contributed by atoms with Crippen LogP contribution in [0.1, 0.15) is 54.9 Å². The van der Waals surface area contributed by atoms with E-state index in [4.69, 9.17) is 33.2 Å². The van der Waals surface area contributed by atoms with Crippen LogP contribution in [0, 0.1) is 23.2 Å². The Morgan fingerprint density at radius 3 is 2.02 bits per heavy atom. The highest BCUT2D eigenvalue weighted by atomic mass is 16.7. The molecule has 2 saturated heterocycles. The van der Waals surface area contributed by atoms with E-state index in [-0.39, 0.29) is 24.5 Å². The van der Waals surface area contributed by atoms with Crippen molar-refractivity contribution in [1.29, 1.82) is 0 Å². The predicted molar refractivity (Wildman–Crippen MR) is 162 cm³/mol. The second-order valence-electron chi connectivity index (χ2n) is 13.5. The van der Waals surface area contributed by atoms with Gasteiger partial charge in [0.15, 0.2) is 30.0 Å². The molecule has 49 heavy (non-hydrogen) atoms. The smallest absolute Gasteiger partial charge is 0.332 e. The fourth-order valence-electron chi connectivity index (χ4n) is 7.46. The highest BCUT2D eigenvalue weighted by molar-refractivity contribution is 5.78. The molecule has 3 N–H and O–H groups in total. The summed E-state index contributed by atoms with van der Waals surface area (Å²) in [6.45, 7) is 7.43. The van der Waals surface area contributed by atoms with Crippen LogP contribution < -0.4 is 0 Å². The molecular weight excluding hydrogens is 652 g/mol. The zero-order chi connectivity index (χ0) is 36.6. The van der Waals surface area contributed by atoms with Crippen molar-refractivity contribution < 1.29 is 77.2 Å². The first-order valence-electron chi connectivity index (χ1n) is 15.9. The van der Waals surface area contributed by atoms with Gasteiger partial charge in [0.05, 0.1) is 24.5 Å². The number of hydrogen-bond acceptors (Lipinski definition) is 16. The first kappa shape index (κ1) is 38.0. The molecule has 1 spiro atoms. The molecule has 0 aromatic heterocycles. The fourth-order valence-corrected chi connectivity index (χ4v) is 7.46. The Bertz CT molecular complexity index is 1410. The molecule has 0 aromatic rings. The Balaban J connectivity index is 2.17. The summed E-state index contributed by atoms with van der Waals surface area (Å²) in [4.78, 5) is 77.8. The van der Waals surface area contributed by atoms with Gasteiger partial charge < -0.3 is 48.5 Å². The van der Waals surface area contributed by atoms with Gasteiger partial charge in [-0.05, 0) is 30.6 Å². The van der Waals surface area contributed by atoms with E-state index in [0.29, 0.717) is 0 Å². The van der Waals surface area contributed by atoms with Crippen molar-refractivity contribution in [1.82, 2.24) is 0 Å². The van der Waals surface area contributed by atoms with Gasteiger partial charge in [0.2, 0.25) is 0 Å². The van der Waals surface area contributed by atoms with E-state index in [1.54, 1.807) is 13.8 Å². The monoisotopic (exact) mass is 696 g/mol. The van der Waals surface area contributed by atoms with Crippen molar-refractivity contribution in [3.05, 3.63) is 23.8 Å². The number of fused-ring (bicyclic) bond motifs is 3. The van der Waals surface area contributed by atoms with Gasteiger partial charge in [0.1, 0.15) is 24.4 Å². The van der Waals surface area contributed by atoms with Crippen LogP contribution in [0.4, 0.5) is 0 Å². The highest BCUT2D eigenvalue weighted by Gasteiger charge is 2.81. The second kappa shape index (κ2) is 14.2. The molecule has 272 valence electrons. The third-order valence-corrected chi connectivity index (χ3v) is 9.63. The zero-order valence-corrected chi connectivity index (χ0v) is 28.4. The topological polar surface area (TPSA) is 231 Å². The summed E-state index contributed by atoms with van der Waals surface area (Å²) in [5.74, 6) is -8.66. The molecule has 2 aliphatic carbocycles. The van der Waals surface area contributed by atoms with Crippen LogP contribution >= 0.6 is 0 Å². The lowest BCUT2D eigenvalue weighted by molar-refractivity contribution is -0.280. The van der Waals surface area contributed by atoms with Gasteiger partial charge in [0.25, 0.3) is 0 Å². The van der Waals surface area contributed by atoms with Crippen molar-refractivity contribution in [2.75, 3.05) is 19.8 Å². The van der Waals surface area contributed by atoms with Crippen molar-refractivity contribution in [3.8, 4) is 0 Å². The van der Waals surface area contributed by atoms with E-state index in [2.05, 4.69) is 0 Å². The van der Waals surface area contributed by atoms with Crippen LogP contribution in [0.25, 0.3) is 0 Å². The second-order valence-corrected chi connectivity index (χ2v) is 13.5. The Labute approximate surface area is 282 Å². The van der Waals surface area contributed by atoms with Crippen LogP contribution in [-0.2, 0) is 61.9 Å². The van der Waals surface area contributed by atoms with Gasteiger partial charge in [-0.3, -0.25) is 24.0 Å². The average molecular weight is 697 g/mol. The summed E-state index contributed by atoms with van der Waals surface area (Å²) in [5, 5.41) is 32.7. The van der Waals surface area contributed by atoms with Gasteiger partial charge >= 0.3 is 35.8 Å². The summed E-state index contributed by atoms with van der Waals surface area (Å²) >= 11 is 0. The SMILES string of the molecule is CC(=O)O[C@H]1[C@@H](OC(C)=O)[C@]2(CO2)[C@@H]2[C@H](OC(C)=O)[C@@]3(O)[C@H](/C=C(CO)\C=C/[C@@H](OC(=O)CO)[C@@]2(C)[C@H]1OC(=O)CC(C)C)OC(=O)[C@@H]3C. The lowest BCUT2D eigenvalue weighted by atomic mass is 9.51. The number of ether oxygens (including phenoxy) is 7. The summed E-state index contributed by atoms with van der Waals surface area (Å²) in [7, 11) is 0. The molecular formula is C33H44O16. The van der Waals surface area contributed by atoms with E-state index >= 15 is 0 Å². The molecule has 3 fully saturated rings. The summed E-state index contributed by atoms with van der Waals surface area (Å²) in [6.07, 6.45) is -6.16. The van der Waals surface area contributed by atoms with Crippen LogP contribution in [0.5, 0.6) is 0 Å². The normalized spacial score (nSPS) is 39.7. The quantitative estimate of drug-likeness (QED) is 0.161. The predicted octanol–water partition coefficient (Wildman–Crippen LogP) is -0.170. The number of epoxide rings is 1. The van der Waals surface area contributed by atoms with Crippen molar-refractivity contribution in [3.63, 3.8) is 0 Å². The number of aliphatic hydroxyl groups is 3. The van der Waals surface area contributed by atoms with Crippen LogP contribution in [0.3, 0.4) is 0 Å². The first-order chi connectivity index (χ1) is 22.9. The Hall–Kier alpha value is -3.86. The lowest BCUT2D eigenvalue weighted by Crippen LogP contribution is -2.76. The van der Waals surface area contributed by atoms with Gasteiger partial charge in [-0.25, -0.2) is 4.79 Å². The molecule has 0 aromatic carbocycles. The molecule has 4 rings (SSSR count). The summed E-state index contributed by atoms with van der Waals surface area (Å²) in [5.41, 5.74) is -6.14. The minimum Gasteiger partial charge on any atom is -0.459 e. The van der Waals surface area contributed by atoms with E-state index in [1.807, 2.05) is 0 Å². The van der Waals surface area contributed by atoms with E-state index in [1.165, 1.54) is 32.1 Å². The number of rotatable bonds is 9. The molecule has 0 radical (unpaired) electrons.